The number of benzene rings is 2. The predicted molar refractivity (Wildman–Crippen MR) is 142 cm³/mol. The maximum absolute atomic E-state index is 14.7. The molecule has 7 nitrogen and oxygen atoms in total. The standard InChI is InChI=1S/C27H30ClFN6O/c1-4-34-9-11-35(12-10-34)23-14-18(6-8-22(23)29)32-26-30-15-21(28)24(33-26)17-5-7-19-20(13-17)27(2,3)16-31-25(19)36/h5-8,13-15H,4,9-12,16H2,1-3H3,(H,31,36)(H,30,32,33). The minimum atomic E-state index is -0.246. The van der Waals surface area contributed by atoms with E-state index in [4.69, 9.17) is 11.6 Å². The Hall–Kier alpha value is -3.23. The van der Waals surface area contributed by atoms with Crippen LogP contribution in [-0.2, 0) is 5.41 Å². The molecule has 2 aliphatic heterocycles. The summed E-state index contributed by atoms with van der Waals surface area (Å²) in [5.41, 5.74) is 4.04. The van der Waals surface area contributed by atoms with Crippen molar-refractivity contribution in [3.8, 4) is 11.3 Å². The second-order valence-corrected chi connectivity index (χ2v) is 10.3. The van der Waals surface area contributed by atoms with Crippen molar-refractivity contribution in [1.29, 1.82) is 0 Å². The molecular weight excluding hydrogens is 479 g/mol. The number of anilines is 3. The minimum absolute atomic E-state index is 0.0739. The quantitative estimate of drug-likeness (QED) is 0.513. The van der Waals surface area contributed by atoms with E-state index in [9.17, 15) is 9.18 Å². The minimum Gasteiger partial charge on any atom is -0.367 e. The summed E-state index contributed by atoms with van der Waals surface area (Å²) in [6, 6.07) is 10.6. The number of fused-ring (bicyclic) bond motifs is 1. The molecular formula is C27H30ClFN6O. The molecule has 0 unspecified atom stereocenters. The maximum Gasteiger partial charge on any atom is 0.251 e. The Balaban J connectivity index is 1.42. The number of amides is 1. The number of nitrogens with zero attached hydrogens (tertiary/aromatic N) is 4. The zero-order valence-electron chi connectivity index (χ0n) is 20.7. The second-order valence-electron chi connectivity index (χ2n) is 9.93. The van der Waals surface area contributed by atoms with E-state index in [2.05, 4.69) is 51.2 Å². The van der Waals surface area contributed by atoms with E-state index in [1.807, 2.05) is 18.2 Å². The lowest BCUT2D eigenvalue weighted by molar-refractivity contribution is 0.0930. The van der Waals surface area contributed by atoms with Gasteiger partial charge in [-0.05, 0) is 42.4 Å². The number of likely N-dealkylation sites (N-methyl/N-ethyl adjacent to an activating group) is 1. The van der Waals surface area contributed by atoms with Gasteiger partial charge >= 0.3 is 0 Å². The second kappa shape index (κ2) is 9.67. The van der Waals surface area contributed by atoms with Gasteiger partial charge in [-0.25, -0.2) is 14.4 Å². The number of nitrogens with one attached hydrogen (secondary N) is 2. The zero-order chi connectivity index (χ0) is 25.4. The molecule has 1 amide bonds. The van der Waals surface area contributed by atoms with Crippen LogP contribution < -0.4 is 15.5 Å². The first-order chi connectivity index (χ1) is 17.2. The molecule has 2 aromatic carbocycles. The van der Waals surface area contributed by atoms with E-state index < -0.39 is 0 Å². The van der Waals surface area contributed by atoms with Crippen LogP contribution in [0.5, 0.6) is 0 Å². The highest BCUT2D eigenvalue weighted by atomic mass is 35.5. The van der Waals surface area contributed by atoms with Crippen LogP contribution >= 0.6 is 11.6 Å². The Morgan fingerprint density at radius 3 is 2.67 bits per heavy atom. The van der Waals surface area contributed by atoms with Crippen LogP contribution in [0.15, 0.2) is 42.6 Å². The lowest BCUT2D eigenvalue weighted by Gasteiger charge is -2.35. The third-order valence-corrected chi connectivity index (χ3v) is 7.34. The number of rotatable bonds is 5. The first-order valence-electron chi connectivity index (χ1n) is 12.2. The first kappa shape index (κ1) is 24.5. The fourth-order valence-electron chi connectivity index (χ4n) is 4.84. The highest BCUT2D eigenvalue weighted by Gasteiger charge is 2.32. The number of carbonyl (C=O) groups is 1. The van der Waals surface area contributed by atoms with E-state index in [0.29, 0.717) is 40.1 Å². The number of aromatic nitrogens is 2. The third-order valence-electron chi connectivity index (χ3n) is 7.06. The summed E-state index contributed by atoms with van der Waals surface area (Å²) < 4.78 is 14.7. The van der Waals surface area contributed by atoms with Crippen LogP contribution in [0.2, 0.25) is 5.02 Å². The smallest absolute Gasteiger partial charge is 0.251 e. The highest BCUT2D eigenvalue weighted by molar-refractivity contribution is 6.32. The van der Waals surface area contributed by atoms with Crippen LogP contribution in [0.4, 0.5) is 21.7 Å². The zero-order valence-corrected chi connectivity index (χ0v) is 21.5. The molecule has 0 aliphatic carbocycles. The van der Waals surface area contributed by atoms with Crippen molar-refractivity contribution < 1.29 is 9.18 Å². The van der Waals surface area contributed by atoms with Crippen LogP contribution in [0.3, 0.4) is 0 Å². The molecule has 36 heavy (non-hydrogen) atoms. The number of hydrogen-bond donors (Lipinski definition) is 2. The van der Waals surface area contributed by atoms with Gasteiger partial charge in [0.2, 0.25) is 5.95 Å². The molecule has 2 aliphatic rings. The van der Waals surface area contributed by atoms with Crippen LogP contribution in [-0.4, -0.2) is 60.0 Å². The van der Waals surface area contributed by atoms with E-state index in [-0.39, 0.29) is 17.1 Å². The van der Waals surface area contributed by atoms with E-state index in [1.54, 1.807) is 18.3 Å². The molecule has 2 N–H and O–H groups in total. The summed E-state index contributed by atoms with van der Waals surface area (Å²) in [5, 5.41) is 6.55. The molecule has 0 spiro atoms. The van der Waals surface area contributed by atoms with Crippen LogP contribution in [0.1, 0.15) is 36.7 Å². The number of carbonyl (C=O) groups excluding carboxylic acids is 1. The molecule has 5 rings (SSSR count). The molecule has 9 heteroatoms. The van der Waals surface area contributed by atoms with Crippen molar-refractivity contribution in [3.05, 3.63) is 64.6 Å². The Bertz CT molecular complexity index is 1310. The van der Waals surface area contributed by atoms with Gasteiger partial charge in [0.15, 0.2) is 0 Å². The molecule has 0 bridgehead atoms. The monoisotopic (exact) mass is 508 g/mol. The van der Waals surface area contributed by atoms with Crippen molar-refractivity contribution in [1.82, 2.24) is 20.2 Å². The van der Waals surface area contributed by atoms with E-state index in [0.717, 1.165) is 43.9 Å². The van der Waals surface area contributed by atoms with Gasteiger partial charge < -0.3 is 20.4 Å². The van der Waals surface area contributed by atoms with Crippen molar-refractivity contribution in [2.75, 3.05) is 49.5 Å². The molecule has 1 saturated heterocycles. The van der Waals surface area contributed by atoms with E-state index in [1.165, 1.54) is 6.07 Å². The normalized spacial score (nSPS) is 17.5. The van der Waals surface area contributed by atoms with Gasteiger partial charge in [-0.2, -0.15) is 0 Å². The van der Waals surface area contributed by atoms with Gasteiger partial charge in [-0.3, -0.25) is 4.79 Å². The Kier molecular flexibility index (Phi) is 6.57. The third kappa shape index (κ3) is 4.75. The molecule has 0 radical (unpaired) electrons. The topological polar surface area (TPSA) is 73.4 Å². The Labute approximate surface area is 215 Å². The molecule has 0 saturated carbocycles. The first-order valence-corrected chi connectivity index (χ1v) is 12.6. The maximum atomic E-state index is 14.7. The fraction of sp³-hybridized carbons (Fsp3) is 0.370. The number of halogens is 2. The van der Waals surface area contributed by atoms with E-state index >= 15 is 0 Å². The van der Waals surface area contributed by atoms with Gasteiger partial charge in [-0.1, -0.05) is 38.4 Å². The molecule has 188 valence electrons. The molecule has 1 aromatic heterocycles. The molecule has 3 heterocycles. The van der Waals surface area contributed by atoms with Crippen molar-refractivity contribution in [2.24, 2.45) is 0 Å². The fourth-order valence-corrected chi connectivity index (χ4v) is 5.04. The summed E-state index contributed by atoms with van der Waals surface area (Å²) in [6.07, 6.45) is 1.55. The van der Waals surface area contributed by atoms with Gasteiger partial charge in [-0.15, -0.1) is 0 Å². The summed E-state index contributed by atoms with van der Waals surface area (Å²) in [4.78, 5) is 25.8. The largest absolute Gasteiger partial charge is 0.367 e. The summed E-state index contributed by atoms with van der Waals surface area (Å²) >= 11 is 6.50. The number of piperazine rings is 1. The molecule has 1 fully saturated rings. The number of hydrogen-bond acceptors (Lipinski definition) is 6. The molecule has 0 atom stereocenters. The van der Waals surface area contributed by atoms with Gasteiger partial charge in [0.25, 0.3) is 5.91 Å². The van der Waals surface area contributed by atoms with Gasteiger partial charge in [0, 0.05) is 55.0 Å². The lowest BCUT2D eigenvalue weighted by Crippen LogP contribution is -2.46. The Morgan fingerprint density at radius 2 is 1.92 bits per heavy atom. The van der Waals surface area contributed by atoms with Gasteiger partial charge in [0.1, 0.15) is 5.82 Å². The predicted octanol–water partition coefficient (Wildman–Crippen LogP) is 4.84. The SMILES string of the molecule is CCN1CCN(c2cc(Nc3ncc(Cl)c(-c4ccc5c(c4)C(C)(C)CNC5=O)n3)ccc2F)CC1. The summed E-state index contributed by atoms with van der Waals surface area (Å²) in [5.74, 6) is 0.0386. The summed E-state index contributed by atoms with van der Waals surface area (Å²) in [7, 11) is 0. The van der Waals surface area contributed by atoms with Crippen LogP contribution in [0.25, 0.3) is 11.3 Å². The Morgan fingerprint density at radius 1 is 1.14 bits per heavy atom. The van der Waals surface area contributed by atoms with Gasteiger partial charge in [0.05, 0.1) is 22.6 Å². The lowest BCUT2D eigenvalue weighted by atomic mass is 9.78. The van der Waals surface area contributed by atoms with Crippen molar-refractivity contribution >= 4 is 34.8 Å². The van der Waals surface area contributed by atoms with Crippen LogP contribution in [0, 0.1) is 5.82 Å². The van der Waals surface area contributed by atoms with Crippen molar-refractivity contribution in [2.45, 2.75) is 26.2 Å². The molecule has 3 aromatic rings. The highest BCUT2D eigenvalue weighted by Crippen LogP contribution is 2.35. The summed E-state index contributed by atoms with van der Waals surface area (Å²) in [6.45, 7) is 11.3. The van der Waals surface area contributed by atoms with Crippen molar-refractivity contribution in [3.63, 3.8) is 0 Å². The average Bonchev–Trinajstić information content (AvgIpc) is 2.88. The average molecular weight is 509 g/mol.